The number of ether oxygens (including phenoxy) is 4. The summed E-state index contributed by atoms with van der Waals surface area (Å²) >= 11 is 0. The van der Waals surface area contributed by atoms with Gasteiger partial charge in [0.1, 0.15) is 23.6 Å². The number of nitrogens with zero attached hydrogens (tertiary/aromatic N) is 2. The molecule has 0 saturated heterocycles. The van der Waals surface area contributed by atoms with E-state index in [0.717, 1.165) is 14.2 Å². The molecule has 208 valence electrons. The summed E-state index contributed by atoms with van der Waals surface area (Å²) in [5.41, 5.74) is 0.130. The van der Waals surface area contributed by atoms with Crippen molar-refractivity contribution in [3.63, 3.8) is 0 Å². The maximum Gasteiger partial charge on any atom is 0.357 e. The Hall–Kier alpha value is -4.94. The van der Waals surface area contributed by atoms with E-state index in [4.69, 9.17) is 18.9 Å². The Bertz CT molecular complexity index is 1580. The van der Waals surface area contributed by atoms with Crippen molar-refractivity contribution in [2.24, 2.45) is 0 Å². The van der Waals surface area contributed by atoms with Crippen LogP contribution in [0.3, 0.4) is 0 Å². The minimum Gasteiger partial charge on any atom is -0.496 e. The van der Waals surface area contributed by atoms with Crippen LogP contribution < -0.4 is 9.47 Å². The van der Waals surface area contributed by atoms with Crippen LogP contribution in [-0.4, -0.2) is 43.0 Å². The molecule has 0 fully saturated rings. The summed E-state index contributed by atoms with van der Waals surface area (Å²) < 4.78 is 90.1. The quantitative estimate of drug-likeness (QED) is 0.123. The van der Waals surface area contributed by atoms with E-state index >= 15 is 0 Å². The van der Waals surface area contributed by atoms with E-state index in [1.54, 1.807) is 30.3 Å². The highest BCUT2D eigenvalue weighted by atomic mass is 19.2. The highest BCUT2D eigenvalue weighted by Gasteiger charge is 2.32. The molecule has 0 unspecified atom stereocenters. The summed E-state index contributed by atoms with van der Waals surface area (Å²) in [4.78, 5) is 25.6. The number of halogens is 5. The van der Waals surface area contributed by atoms with Gasteiger partial charge in [-0.2, -0.15) is 13.9 Å². The molecular weight excluding hydrogens is 543 g/mol. The third-order valence-corrected chi connectivity index (χ3v) is 5.75. The zero-order chi connectivity index (χ0) is 29.1. The summed E-state index contributed by atoms with van der Waals surface area (Å²) in [7, 11) is 3.49. The summed E-state index contributed by atoms with van der Waals surface area (Å²) in [5, 5.41) is 4.44. The van der Waals surface area contributed by atoms with Gasteiger partial charge in [0, 0.05) is 11.1 Å². The van der Waals surface area contributed by atoms with E-state index in [1.165, 1.54) is 30.0 Å². The first-order chi connectivity index (χ1) is 19.1. The first-order valence-corrected chi connectivity index (χ1v) is 11.3. The van der Waals surface area contributed by atoms with Crippen molar-refractivity contribution in [2.45, 2.75) is 6.61 Å². The molecule has 4 rings (SSSR count). The van der Waals surface area contributed by atoms with Gasteiger partial charge in [0.25, 0.3) is 0 Å². The smallest absolute Gasteiger partial charge is 0.357 e. The van der Waals surface area contributed by atoms with Crippen LogP contribution in [0.4, 0.5) is 22.0 Å². The molecule has 0 radical (unpaired) electrons. The molecule has 13 heteroatoms. The standard InChI is InChI=1S/C27H19F5N2O6/c1-37-16-10-9-13(11-14(16)12-40-25-21(31)19(29)18(28)20(30)22(25)32)23-17(26(35)38-2)24(27(36)39-3)34(33-23)15-7-5-4-6-8-15/h4-11H,12H2,1-3H3. The van der Waals surface area contributed by atoms with E-state index in [1.807, 2.05) is 0 Å². The number of benzene rings is 3. The van der Waals surface area contributed by atoms with Gasteiger partial charge in [0.2, 0.25) is 29.1 Å². The second-order valence-corrected chi connectivity index (χ2v) is 8.02. The zero-order valence-corrected chi connectivity index (χ0v) is 21.1. The Kier molecular flexibility index (Phi) is 8.03. The molecule has 0 spiro atoms. The maximum absolute atomic E-state index is 14.1. The average molecular weight is 562 g/mol. The molecule has 1 heterocycles. The largest absolute Gasteiger partial charge is 0.496 e. The van der Waals surface area contributed by atoms with Crippen LogP contribution in [0.5, 0.6) is 11.5 Å². The number of rotatable bonds is 8. The summed E-state index contributed by atoms with van der Waals surface area (Å²) in [6, 6.07) is 12.5. The summed E-state index contributed by atoms with van der Waals surface area (Å²) in [5.74, 6) is -14.2. The van der Waals surface area contributed by atoms with Gasteiger partial charge in [-0.25, -0.2) is 27.4 Å². The molecule has 0 aliphatic carbocycles. The lowest BCUT2D eigenvalue weighted by atomic mass is 10.0. The van der Waals surface area contributed by atoms with Crippen LogP contribution in [0.1, 0.15) is 26.4 Å². The van der Waals surface area contributed by atoms with E-state index in [2.05, 4.69) is 5.10 Å². The number of para-hydroxylation sites is 1. The highest BCUT2D eigenvalue weighted by molar-refractivity contribution is 6.06. The lowest BCUT2D eigenvalue weighted by Crippen LogP contribution is -2.15. The summed E-state index contributed by atoms with van der Waals surface area (Å²) in [6.07, 6.45) is 0. The molecule has 1 aromatic heterocycles. The van der Waals surface area contributed by atoms with E-state index in [-0.39, 0.29) is 33.8 Å². The molecule has 3 aromatic carbocycles. The van der Waals surface area contributed by atoms with E-state index in [0.29, 0.717) is 5.69 Å². The molecule has 0 bridgehead atoms. The monoisotopic (exact) mass is 562 g/mol. The number of hydrogen-bond donors (Lipinski definition) is 0. The first-order valence-electron chi connectivity index (χ1n) is 11.3. The molecule has 0 aliphatic heterocycles. The average Bonchev–Trinajstić information content (AvgIpc) is 3.39. The van der Waals surface area contributed by atoms with Crippen LogP contribution in [0, 0.1) is 29.1 Å². The fourth-order valence-electron chi connectivity index (χ4n) is 3.86. The molecule has 0 atom stereocenters. The molecule has 0 aliphatic rings. The fourth-order valence-corrected chi connectivity index (χ4v) is 3.86. The lowest BCUT2D eigenvalue weighted by Gasteiger charge is -2.14. The number of esters is 2. The van der Waals surface area contributed by atoms with Crippen molar-refractivity contribution in [3.05, 3.63) is 94.4 Å². The lowest BCUT2D eigenvalue weighted by molar-refractivity contribution is 0.0549. The number of methoxy groups -OCH3 is 3. The Morgan fingerprint density at radius 1 is 0.800 bits per heavy atom. The van der Waals surface area contributed by atoms with Gasteiger partial charge >= 0.3 is 11.9 Å². The Morgan fingerprint density at radius 3 is 1.98 bits per heavy atom. The molecule has 8 nitrogen and oxygen atoms in total. The number of carbonyl (C=O) groups excluding carboxylic acids is 2. The predicted molar refractivity (Wildman–Crippen MR) is 129 cm³/mol. The Labute approximate surface area is 223 Å². The normalized spacial score (nSPS) is 10.8. The van der Waals surface area contributed by atoms with Crippen LogP contribution in [0.15, 0.2) is 48.5 Å². The van der Waals surface area contributed by atoms with Crippen molar-refractivity contribution >= 4 is 11.9 Å². The van der Waals surface area contributed by atoms with Crippen molar-refractivity contribution < 1.29 is 50.5 Å². The topological polar surface area (TPSA) is 88.9 Å². The van der Waals surface area contributed by atoms with E-state index < -0.39 is 53.4 Å². The minimum atomic E-state index is -2.33. The third-order valence-electron chi connectivity index (χ3n) is 5.75. The first kappa shape index (κ1) is 28.1. The number of aromatic nitrogens is 2. The van der Waals surface area contributed by atoms with Crippen LogP contribution in [0.2, 0.25) is 0 Å². The minimum absolute atomic E-state index is 0.0451. The van der Waals surface area contributed by atoms with Gasteiger partial charge in [-0.15, -0.1) is 0 Å². The van der Waals surface area contributed by atoms with Gasteiger partial charge < -0.3 is 18.9 Å². The van der Waals surface area contributed by atoms with E-state index in [9.17, 15) is 31.5 Å². The molecule has 0 amide bonds. The SMILES string of the molecule is COC(=O)c1c(-c2ccc(OC)c(COc3c(F)c(F)c(F)c(F)c3F)c2)nn(-c2ccccc2)c1C(=O)OC. The molecular formula is C27H19F5N2O6. The Balaban J connectivity index is 1.86. The number of carbonyl (C=O) groups is 2. The van der Waals surface area contributed by atoms with Gasteiger partial charge in [-0.05, 0) is 30.3 Å². The van der Waals surface area contributed by atoms with Gasteiger partial charge in [-0.1, -0.05) is 18.2 Å². The third kappa shape index (κ3) is 4.93. The van der Waals surface area contributed by atoms with Gasteiger partial charge in [0.05, 0.1) is 27.0 Å². The molecule has 40 heavy (non-hydrogen) atoms. The van der Waals surface area contributed by atoms with Crippen LogP contribution in [-0.2, 0) is 16.1 Å². The molecule has 0 N–H and O–H groups in total. The van der Waals surface area contributed by atoms with Gasteiger partial charge in [0.15, 0.2) is 11.4 Å². The van der Waals surface area contributed by atoms with Crippen molar-refractivity contribution in [2.75, 3.05) is 21.3 Å². The number of hydrogen-bond acceptors (Lipinski definition) is 7. The van der Waals surface area contributed by atoms with Crippen molar-refractivity contribution in [3.8, 4) is 28.4 Å². The highest BCUT2D eigenvalue weighted by Crippen LogP contribution is 2.34. The molecule has 0 saturated carbocycles. The summed E-state index contributed by atoms with van der Waals surface area (Å²) in [6.45, 7) is -0.716. The van der Waals surface area contributed by atoms with Crippen molar-refractivity contribution in [1.82, 2.24) is 9.78 Å². The second kappa shape index (κ2) is 11.4. The fraction of sp³-hybridized carbons (Fsp3) is 0.148. The van der Waals surface area contributed by atoms with Crippen LogP contribution >= 0.6 is 0 Å². The molecule has 4 aromatic rings. The Morgan fingerprint density at radius 2 is 1.40 bits per heavy atom. The van der Waals surface area contributed by atoms with Crippen LogP contribution in [0.25, 0.3) is 16.9 Å². The van der Waals surface area contributed by atoms with Crippen molar-refractivity contribution in [1.29, 1.82) is 0 Å². The maximum atomic E-state index is 14.1. The predicted octanol–water partition coefficient (Wildman–Crippen LogP) is 5.40. The zero-order valence-electron chi connectivity index (χ0n) is 21.1. The second-order valence-electron chi connectivity index (χ2n) is 8.02. The van der Waals surface area contributed by atoms with Gasteiger partial charge in [-0.3, -0.25) is 0 Å².